The molecule has 0 aromatic carbocycles. The van der Waals surface area contributed by atoms with Gasteiger partial charge in [-0.05, 0) is 12.5 Å². The summed E-state index contributed by atoms with van der Waals surface area (Å²) in [7, 11) is 2.02. The monoisotopic (exact) mass is 211 g/mol. The van der Waals surface area contributed by atoms with Crippen LogP contribution in [-0.4, -0.2) is 28.0 Å². The third-order valence-corrected chi connectivity index (χ3v) is 2.87. The van der Waals surface area contributed by atoms with Crippen molar-refractivity contribution in [2.75, 3.05) is 13.1 Å². The Labute approximate surface area is 88.8 Å². The first-order valence-corrected chi connectivity index (χ1v) is 5.16. The van der Waals surface area contributed by atoms with Crippen LogP contribution in [0.4, 0.5) is 0 Å². The predicted molar refractivity (Wildman–Crippen MR) is 58.4 cm³/mol. The van der Waals surface area contributed by atoms with E-state index in [9.17, 15) is 0 Å². The highest BCUT2D eigenvalue weighted by molar-refractivity contribution is 6.22. The Balaban J connectivity index is 2.35. The molecule has 1 aromatic heterocycles. The SMILES string of the molecule is Cc1ncc(C2=CC(Cl)CNC2)n1C. The zero-order valence-electron chi connectivity index (χ0n) is 8.42. The fourth-order valence-electron chi connectivity index (χ4n) is 1.66. The van der Waals surface area contributed by atoms with Crippen LogP contribution in [0.3, 0.4) is 0 Å². The highest BCUT2D eigenvalue weighted by atomic mass is 35.5. The summed E-state index contributed by atoms with van der Waals surface area (Å²) < 4.78 is 2.09. The highest BCUT2D eigenvalue weighted by Gasteiger charge is 2.14. The first kappa shape index (κ1) is 9.74. The van der Waals surface area contributed by atoms with Crippen LogP contribution in [0.2, 0.25) is 0 Å². The number of aromatic nitrogens is 2. The van der Waals surface area contributed by atoms with E-state index in [2.05, 4.69) is 20.9 Å². The molecule has 0 fully saturated rings. The van der Waals surface area contributed by atoms with Crippen LogP contribution in [0, 0.1) is 6.92 Å². The largest absolute Gasteiger partial charge is 0.332 e. The van der Waals surface area contributed by atoms with E-state index in [0.29, 0.717) is 0 Å². The third-order valence-electron chi connectivity index (χ3n) is 2.59. The van der Waals surface area contributed by atoms with Crippen molar-refractivity contribution in [3.63, 3.8) is 0 Å². The summed E-state index contributed by atoms with van der Waals surface area (Å²) in [5.41, 5.74) is 2.39. The molecule has 76 valence electrons. The Morgan fingerprint density at radius 3 is 3.00 bits per heavy atom. The molecule has 4 heteroatoms. The summed E-state index contributed by atoms with van der Waals surface area (Å²) in [6.45, 7) is 3.72. The van der Waals surface area contributed by atoms with Gasteiger partial charge in [-0.15, -0.1) is 11.6 Å². The number of aryl methyl sites for hydroxylation is 1. The van der Waals surface area contributed by atoms with E-state index in [1.165, 1.54) is 5.57 Å². The number of hydrogen-bond acceptors (Lipinski definition) is 2. The van der Waals surface area contributed by atoms with E-state index in [-0.39, 0.29) is 5.38 Å². The van der Waals surface area contributed by atoms with Crippen molar-refractivity contribution in [3.05, 3.63) is 23.8 Å². The number of nitrogens with one attached hydrogen (secondary N) is 1. The third kappa shape index (κ3) is 1.70. The van der Waals surface area contributed by atoms with Crippen molar-refractivity contribution in [3.8, 4) is 0 Å². The molecule has 0 amide bonds. The molecule has 14 heavy (non-hydrogen) atoms. The van der Waals surface area contributed by atoms with E-state index in [0.717, 1.165) is 24.6 Å². The molecule has 0 aliphatic carbocycles. The molecule has 1 unspecified atom stereocenters. The summed E-state index contributed by atoms with van der Waals surface area (Å²) in [6.07, 6.45) is 4.01. The van der Waals surface area contributed by atoms with Gasteiger partial charge in [0, 0.05) is 20.1 Å². The molecular formula is C10H14ClN3. The number of halogens is 1. The summed E-state index contributed by atoms with van der Waals surface area (Å²) >= 11 is 6.05. The van der Waals surface area contributed by atoms with E-state index >= 15 is 0 Å². The van der Waals surface area contributed by atoms with Gasteiger partial charge in [-0.25, -0.2) is 4.98 Å². The van der Waals surface area contributed by atoms with E-state index in [1.54, 1.807) is 0 Å². The number of hydrogen-bond donors (Lipinski definition) is 1. The van der Waals surface area contributed by atoms with Gasteiger partial charge < -0.3 is 9.88 Å². The van der Waals surface area contributed by atoms with Gasteiger partial charge in [0.15, 0.2) is 0 Å². The maximum atomic E-state index is 6.05. The number of imidazole rings is 1. The molecule has 0 saturated carbocycles. The van der Waals surface area contributed by atoms with Gasteiger partial charge >= 0.3 is 0 Å². The first-order valence-electron chi connectivity index (χ1n) is 4.72. The van der Waals surface area contributed by atoms with E-state index < -0.39 is 0 Å². The zero-order valence-corrected chi connectivity index (χ0v) is 9.17. The molecule has 3 nitrogen and oxygen atoms in total. The molecule has 2 rings (SSSR count). The normalized spacial score (nSPS) is 22.2. The standard InChI is InChI=1S/C10H14ClN3/c1-7-13-6-10(14(7)2)8-3-9(11)5-12-4-8/h3,6,9,12H,4-5H2,1-2H3. The van der Waals surface area contributed by atoms with Crippen LogP contribution >= 0.6 is 11.6 Å². The molecule has 1 aromatic rings. The summed E-state index contributed by atoms with van der Waals surface area (Å²) in [6, 6.07) is 0. The molecule has 1 atom stereocenters. The van der Waals surface area contributed by atoms with Gasteiger partial charge in [-0.1, -0.05) is 6.08 Å². The second kappa shape index (κ2) is 3.75. The smallest absolute Gasteiger partial charge is 0.105 e. The Kier molecular flexibility index (Phi) is 2.61. The van der Waals surface area contributed by atoms with Crippen LogP contribution in [0.15, 0.2) is 12.3 Å². The fourth-order valence-corrected chi connectivity index (χ4v) is 1.92. The number of alkyl halides is 1. The van der Waals surface area contributed by atoms with Crippen LogP contribution in [0.25, 0.3) is 5.57 Å². The van der Waals surface area contributed by atoms with Crippen molar-refractivity contribution in [1.29, 1.82) is 0 Å². The fraction of sp³-hybridized carbons (Fsp3) is 0.500. The van der Waals surface area contributed by atoms with Gasteiger partial charge in [0.2, 0.25) is 0 Å². The first-order chi connectivity index (χ1) is 6.68. The maximum absolute atomic E-state index is 6.05. The average molecular weight is 212 g/mol. The summed E-state index contributed by atoms with van der Waals surface area (Å²) in [4.78, 5) is 4.27. The Morgan fingerprint density at radius 1 is 1.64 bits per heavy atom. The zero-order chi connectivity index (χ0) is 10.1. The number of nitrogens with zero attached hydrogens (tertiary/aromatic N) is 2. The molecule has 0 saturated heterocycles. The van der Waals surface area contributed by atoms with Crippen LogP contribution in [0.1, 0.15) is 11.5 Å². The lowest BCUT2D eigenvalue weighted by Gasteiger charge is -2.18. The molecular weight excluding hydrogens is 198 g/mol. The lowest BCUT2D eigenvalue weighted by atomic mass is 10.1. The number of rotatable bonds is 1. The molecule has 1 aliphatic rings. The molecule has 0 spiro atoms. The van der Waals surface area contributed by atoms with Crippen molar-refractivity contribution in [1.82, 2.24) is 14.9 Å². The molecule has 0 radical (unpaired) electrons. The summed E-state index contributed by atoms with van der Waals surface area (Å²) in [5.74, 6) is 1.03. The Bertz CT molecular complexity index is 367. The summed E-state index contributed by atoms with van der Waals surface area (Å²) in [5, 5.41) is 3.37. The van der Waals surface area contributed by atoms with E-state index in [1.807, 2.05) is 20.2 Å². The van der Waals surface area contributed by atoms with Crippen molar-refractivity contribution in [2.45, 2.75) is 12.3 Å². The van der Waals surface area contributed by atoms with Crippen LogP contribution < -0.4 is 5.32 Å². The minimum atomic E-state index is 0.0916. The van der Waals surface area contributed by atoms with Gasteiger partial charge in [0.05, 0.1) is 17.3 Å². The highest BCUT2D eigenvalue weighted by Crippen LogP contribution is 2.18. The topological polar surface area (TPSA) is 29.9 Å². The van der Waals surface area contributed by atoms with Gasteiger partial charge in [-0.2, -0.15) is 0 Å². The minimum absolute atomic E-state index is 0.0916. The average Bonchev–Trinajstić information content (AvgIpc) is 2.48. The molecule has 1 N–H and O–H groups in total. The van der Waals surface area contributed by atoms with Crippen molar-refractivity contribution < 1.29 is 0 Å². The van der Waals surface area contributed by atoms with E-state index in [4.69, 9.17) is 11.6 Å². The minimum Gasteiger partial charge on any atom is -0.332 e. The second-order valence-corrected chi connectivity index (χ2v) is 4.15. The Morgan fingerprint density at radius 2 is 2.43 bits per heavy atom. The van der Waals surface area contributed by atoms with Crippen molar-refractivity contribution >= 4 is 17.2 Å². The van der Waals surface area contributed by atoms with Gasteiger partial charge in [0.25, 0.3) is 0 Å². The molecule has 1 aliphatic heterocycles. The van der Waals surface area contributed by atoms with Gasteiger partial charge in [0.1, 0.15) is 5.82 Å². The van der Waals surface area contributed by atoms with Crippen LogP contribution in [-0.2, 0) is 7.05 Å². The lowest BCUT2D eigenvalue weighted by Crippen LogP contribution is -2.29. The van der Waals surface area contributed by atoms with Gasteiger partial charge in [-0.3, -0.25) is 0 Å². The predicted octanol–water partition coefficient (Wildman–Crippen LogP) is 1.32. The Hall–Kier alpha value is -0.800. The lowest BCUT2D eigenvalue weighted by molar-refractivity contribution is 0.734. The molecule has 2 heterocycles. The molecule has 0 bridgehead atoms. The second-order valence-electron chi connectivity index (χ2n) is 3.59. The van der Waals surface area contributed by atoms with Crippen LogP contribution in [0.5, 0.6) is 0 Å². The quantitative estimate of drug-likeness (QED) is 0.711. The maximum Gasteiger partial charge on any atom is 0.105 e. The van der Waals surface area contributed by atoms with Crippen molar-refractivity contribution in [2.24, 2.45) is 7.05 Å².